The SMILES string of the molecule is Cc1ccc(NC(=O)c2cc3c([nH]c2=O)CCC(C)C3)cc1Cl. The van der Waals surface area contributed by atoms with Gasteiger partial charge in [-0.2, -0.15) is 0 Å². The molecule has 0 saturated heterocycles. The minimum atomic E-state index is -0.410. The first kappa shape index (κ1) is 15.8. The number of anilines is 1. The molecule has 5 heteroatoms. The van der Waals surface area contributed by atoms with Crippen molar-refractivity contribution < 1.29 is 4.79 Å². The van der Waals surface area contributed by atoms with Crippen molar-refractivity contribution in [1.82, 2.24) is 4.98 Å². The third-order valence-electron chi connectivity index (χ3n) is 4.35. The molecule has 1 aliphatic carbocycles. The van der Waals surface area contributed by atoms with Crippen molar-refractivity contribution >= 4 is 23.2 Å². The summed E-state index contributed by atoms with van der Waals surface area (Å²) < 4.78 is 0. The molecule has 4 nitrogen and oxygen atoms in total. The molecule has 0 fully saturated rings. The molecule has 1 amide bonds. The number of benzene rings is 1. The fourth-order valence-corrected chi connectivity index (χ4v) is 3.10. The maximum Gasteiger partial charge on any atom is 0.261 e. The van der Waals surface area contributed by atoms with Crippen LogP contribution in [-0.2, 0) is 12.8 Å². The van der Waals surface area contributed by atoms with Gasteiger partial charge in [-0.1, -0.05) is 24.6 Å². The van der Waals surface area contributed by atoms with Gasteiger partial charge in [0.15, 0.2) is 0 Å². The summed E-state index contributed by atoms with van der Waals surface area (Å²) in [6.07, 6.45) is 2.82. The Hall–Kier alpha value is -2.07. The Morgan fingerprint density at radius 1 is 1.35 bits per heavy atom. The van der Waals surface area contributed by atoms with E-state index in [-0.39, 0.29) is 11.1 Å². The fraction of sp³-hybridized carbons (Fsp3) is 0.333. The van der Waals surface area contributed by atoms with E-state index in [0.29, 0.717) is 16.6 Å². The highest BCUT2D eigenvalue weighted by molar-refractivity contribution is 6.31. The van der Waals surface area contributed by atoms with Gasteiger partial charge in [0.2, 0.25) is 0 Å². The van der Waals surface area contributed by atoms with Crippen molar-refractivity contribution in [3.8, 4) is 0 Å². The Balaban J connectivity index is 1.88. The molecule has 0 aliphatic heterocycles. The van der Waals surface area contributed by atoms with E-state index in [1.165, 1.54) is 0 Å². The lowest BCUT2D eigenvalue weighted by Crippen LogP contribution is -2.27. The fourth-order valence-electron chi connectivity index (χ4n) is 2.92. The molecule has 0 radical (unpaired) electrons. The van der Waals surface area contributed by atoms with E-state index in [1.807, 2.05) is 13.0 Å². The molecule has 1 aromatic carbocycles. The van der Waals surface area contributed by atoms with E-state index in [0.717, 1.165) is 36.1 Å². The number of rotatable bonds is 2. The summed E-state index contributed by atoms with van der Waals surface area (Å²) in [5.41, 5.74) is 3.35. The summed E-state index contributed by atoms with van der Waals surface area (Å²) in [4.78, 5) is 27.5. The second kappa shape index (κ2) is 6.20. The van der Waals surface area contributed by atoms with Gasteiger partial charge >= 0.3 is 0 Å². The maximum absolute atomic E-state index is 12.4. The quantitative estimate of drug-likeness (QED) is 0.881. The van der Waals surface area contributed by atoms with Crippen LogP contribution in [0.1, 0.15) is 40.5 Å². The minimum absolute atomic E-state index is 0.148. The number of carbonyl (C=O) groups excluding carboxylic acids is 1. The number of amides is 1. The molecular weight excluding hydrogens is 312 g/mol. The number of fused-ring (bicyclic) bond motifs is 1. The highest BCUT2D eigenvalue weighted by Crippen LogP contribution is 2.24. The first-order chi connectivity index (χ1) is 10.9. The van der Waals surface area contributed by atoms with Crippen LogP contribution in [0.3, 0.4) is 0 Å². The van der Waals surface area contributed by atoms with Crippen LogP contribution in [0, 0.1) is 12.8 Å². The molecule has 1 unspecified atom stereocenters. The molecule has 2 aromatic rings. The Morgan fingerprint density at radius 2 is 2.13 bits per heavy atom. The number of H-pyrrole nitrogens is 1. The van der Waals surface area contributed by atoms with Crippen LogP contribution in [-0.4, -0.2) is 10.9 Å². The van der Waals surface area contributed by atoms with Gasteiger partial charge < -0.3 is 10.3 Å². The molecule has 23 heavy (non-hydrogen) atoms. The van der Waals surface area contributed by atoms with Gasteiger partial charge in [0.1, 0.15) is 5.56 Å². The average molecular weight is 331 g/mol. The monoisotopic (exact) mass is 330 g/mol. The maximum atomic E-state index is 12.4. The largest absolute Gasteiger partial charge is 0.325 e. The lowest BCUT2D eigenvalue weighted by Gasteiger charge is -2.21. The third kappa shape index (κ3) is 3.32. The Morgan fingerprint density at radius 3 is 2.87 bits per heavy atom. The van der Waals surface area contributed by atoms with Gasteiger partial charge in [0.05, 0.1) is 0 Å². The van der Waals surface area contributed by atoms with Crippen molar-refractivity contribution in [3.63, 3.8) is 0 Å². The topological polar surface area (TPSA) is 62.0 Å². The number of aromatic amines is 1. The van der Waals surface area contributed by atoms with E-state index in [2.05, 4.69) is 17.2 Å². The minimum Gasteiger partial charge on any atom is -0.325 e. The van der Waals surface area contributed by atoms with Crippen LogP contribution in [0.2, 0.25) is 5.02 Å². The first-order valence-corrected chi connectivity index (χ1v) is 8.14. The van der Waals surface area contributed by atoms with Crippen LogP contribution >= 0.6 is 11.6 Å². The number of hydrogen-bond acceptors (Lipinski definition) is 2. The van der Waals surface area contributed by atoms with Crippen molar-refractivity contribution in [3.05, 3.63) is 62.0 Å². The molecule has 120 valence electrons. The lowest BCUT2D eigenvalue weighted by molar-refractivity contribution is 0.102. The van der Waals surface area contributed by atoms with Gasteiger partial charge in [-0.05, 0) is 61.4 Å². The molecule has 1 aromatic heterocycles. The second-order valence-corrected chi connectivity index (χ2v) is 6.69. The zero-order valence-corrected chi connectivity index (χ0v) is 14.0. The number of halogens is 1. The highest BCUT2D eigenvalue weighted by atomic mass is 35.5. The normalized spacial score (nSPS) is 16.7. The van der Waals surface area contributed by atoms with E-state index in [4.69, 9.17) is 11.6 Å². The van der Waals surface area contributed by atoms with Gasteiger partial charge in [0, 0.05) is 16.4 Å². The second-order valence-electron chi connectivity index (χ2n) is 6.28. The van der Waals surface area contributed by atoms with Crippen LogP contribution in [0.25, 0.3) is 0 Å². The average Bonchev–Trinajstić information content (AvgIpc) is 2.50. The first-order valence-electron chi connectivity index (χ1n) is 7.76. The van der Waals surface area contributed by atoms with Gasteiger partial charge in [-0.25, -0.2) is 0 Å². The summed E-state index contributed by atoms with van der Waals surface area (Å²) in [6, 6.07) is 7.02. The van der Waals surface area contributed by atoms with E-state index in [1.54, 1.807) is 18.2 Å². The standard InChI is InChI=1S/C18H19ClN2O2/c1-10-3-6-16-12(7-10)8-14(18(23)21-16)17(22)20-13-5-4-11(2)15(19)9-13/h4-5,8-10H,3,6-7H2,1-2H3,(H,20,22)(H,21,23). The van der Waals surface area contributed by atoms with Gasteiger partial charge in [-0.15, -0.1) is 0 Å². The molecular formula is C18H19ClN2O2. The van der Waals surface area contributed by atoms with Crippen molar-refractivity contribution in [1.29, 1.82) is 0 Å². The number of aryl methyl sites for hydroxylation is 2. The van der Waals surface area contributed by atoms with Gasteiger partial charge in [0.25, 0.3) is 11.5 Å². The summed E-state index contributed by atoms with van der Waals surface area (Å²) in [6.45, 7) is 4.07. The highest BCUT2D eigenvalue weighted by Gasteiger charge is 2.20. The third-order valence-corrected chi connectivity index (χ3v) is 4.75. The smallest absolute Gasteiger partial charge is 0.261 e. The van der Waals surface area contributed by atoms with Crippen LogP contribution in [0.4, 0.5) is 5.69 Å². The Bertz CT molecular complexity index is 826. The Labute approximate surface area is 139 Å². The predicted molar refractivity (Wildman–Crippen MR) is 92.4 cm³/mol. The molecule has 0 saturated carbocycles. The molecule has 0 spiro atoms. The summed E-state index contributed by atoms with van der Waals surface area (Å²) in [5.74, 6) is 0.160. The summed E-state index contributed by atoms with van der Waals surface area (Å²) >= 11 is 6.07. The molecule has 3 rings (SSSR count). The summed E-state index contributed by atoms with van der Waals surface area (Å²) in [7, 11) is 0. The molecule has 1 aliphatic rings. The van der Waals surface area contributed by atoms with Crippen LogP contribution in [0.5, 0.6) is 0 Å². The van der Waals surface area contributed by atoms with Gasteiger partial charge in [-0.3, -0.25) is 9.59 Å². The molecule has 1 atom stereocenters. The van der Waals surface area contributed by atoms with E-state index in [9.17, 15) is 9.59 Å². The molecule has 0 bridgehead atoms. The molecule has 1 heterocycles. The van der Waals surface area contributed by atoms with Crippen molar-refractivity contribution in [2.24, 2.45) is 5.92 Å². The van der Waals surface area contributed by atoms with E-state index >= 15 is 0 Å². The number of aromatic nitrogens is 1. The van der Waals surface area contributed by atoms with E-state index < -0.39 is 5.91 Å². The zero-order valence-electron chi connectivity index (χ0n) is 13.2. The zero-order chi connectivity index (χ0) is 16.6. The predicted octanol–water partition coefficient (Wildman–Crippen LogP) is 3.71. The number of nitrogens with one attached hydrogen (secondary N) is 2. The lowest BCUT2D eigenvalue weighted by atomic mass is 9.87. The Kier molecular flexibility index (Phi) is 4.26. The van der Waals surface area contributed by atoms with Crippen LogP contribution in [0.15, 0.2) is 29.1 Å². The number of pyridine rings is 1. The summed E-state index contributed by atoms with van der Waals surface area (Å²) in [5, 5.41) is 3.32. The number of carbonyl (C=O) groups is 1. The van der Waals surface area contributed by atoms with Crippen LogP contribution < -0.4 is 10.9 Å². The number of hydrogen-bond donors (Lipinski definition) is 2. The molecule has 2 N–H and O–H groups in total. The van der Waals surface area contributed by atoms with Crippen molar-refractivity contribution in [2.75, 3.05) is 5.32 Å². The van der Waals surface area contributed by atoms with Crippen molar-refractivity contribution in [2.45, 2.75) is 33.1 Å².